The average molecular weight is 279 g/mol. The first-order valence-corrected chi connectivity index (χ1v) is 6.44. The number of methoxy groups -OCH3 is 1. The van der Waals surface area contributed by atoms with E-state index in [9.17, 15) is 4.79 Å². The van der Waals surface area contributed by atoms with Crippen molar-refractivity contribution in [3.05, 3.63) is 29.8 Å². The van der Waals surface area contributed by atoms with Gasteiger partial charge in [0, 0.05) is 18.9 Å². The molecule has 1 amide bonds. The SMILES string of the molecule is COc1ccc(CCC(=O)NC(C)CC(N)=NO)cc1. The van der Waals surface area contributed by atoms with Crippen molar-refractivity contribution in [2.45, 2.75) is 32.2 Å². The van der Waals surface area contributed by atoms with E-state index in [2.05, 4.69) is 10.5 Å². The molecule has 6 heteroatoms. The molecule has 1 atom stereocenters. The first-order valence-electron chi connectivity index (χ1n) is 6.44. The largest absolute Gasteiger partial charge is 0.497 e. The lowest BCUT2D eigenvalue weighted by molar-refractivity contribution is -0.121. The van der Waals surface area contributed by atoms with Crippen LogP contribution in [0.2, 0.25) is 0 Å². The van der Waals surface area contributed by atoms with E-state index in [1.807, 2.05) is 31.2 Å². The highest BCUT2D eigenvalue weighted by molar-refractivity contribution is 5.81. The number of amidine groups is 1. The second-order valence-corrected chi connectivity index (χ2v) is 4.61. The van der Waals surface area contributed by atoms with Crippen LogP contribution in [0.25, 0.3) is 0 Å². The highest BCUT2D eigenvalue weighted by Crippen LogP contribution is 2.12. The molecule has 0 saturated heterocycles. The zero-order valence-electron chi connectivity index (χ0n) is 11.8. The van der Waals surface area contributed by atoms with Crippen LogP contribution in [-0.2, 0) is 11.2 Å². The Hall–Kier alpha value is -2.24. The van der Waals surface area contributed by atoms with Crippen LogP contribution in [0.5, 0.6) is 5.75 Å². The number of benzene rings is 1. The van der Waals surface area contributed by atoms with Crippen LogP contribution in [0, 0.1) is 0 Å². The summed E-state index contributed by atoms with van der Waals surface area (Å²) >= 11 is 0. The Morgan fingerprint density at radius 1 is 1.45 bits per heavy atom. The molecule has 0 heterocycles. The van der Waals surface area contributed by atoms with Crippen molar-refractivity contribution >= 4 is 11.7 Å². The molecular weight excluding hydrogens is 258 g/mol. The minimum Gasteiger partial charge on any atom is -0.497 e. The van der Waals surface area contributed by atoms with Crippen LogP contribution >= 0.6 is 0 Å². The molecule has 0 aromatic heterocycles. The Morgan fingerprint density at radius 2 is 2.10 bits per heavy atom. The standard InChI is InChI=1S/C14H21N3O3/c1-10(9-13(15)17-19)16-14(18)8-5-11-3-6-12(20-2)7-4-11/h3-4,6-7,10,19H,5,8-9H2,1-2H3,(H2,15,17)(H,16,18). The summed E-state index contributed by atoms with van der Waals surface area (Å²) in [4.78, 5) is 11.7. The number of rotatable bonds is 7. The summed E-state index contributed by atoms with van der Waals surface area (Å²) in [5.74, 6) is 0.845. The molecule has 4 N–H and O–H groups in total. The van der Waals surface area contributed by atoms with Gasteiger partial charge in [0.1, 0.15) is 11.6 Å². The van der Waals surface area contributed by atoms with Gasteiger partial charge in [-0.15, -0.1) is 0 Å². The van der Waals surface area contributed by atoms with E-state index in [0.717, 1.165) is 11.3 Å². The van der Waals surface area contributed by atoms with Gasteiger partial charge in [-0.2, -0.15) is 0 Å². The number of aryl methyl sites for hydroxylation is 1. The van der Waals surface area contributed by atoms with Crippen LogP contribution in [-0.4, -0.2) is 30.1 Å². The van der Waals surface area contributed by atoms with Crippen molar-refractivity contribution in [1.82, 2.24) is 5.32 Å². The number of oxime groups is 1. The Kier molecular flexibility index (Phi) is 6.36. The highest BCUT2D eigenvalue weighted by Gasteiger charge is 2.09. The van der Waals surface area contributed by atoms with Crippen molar-refractivity contribution in [3.63, 3.8) is 0 Å². The minimum absolute atomic E-state index is 0.0564. The summed E-state index contributed by atoms with van der Waals surface area (Å²) in [6.45, 7) is 1.81. The lowest BCUT2D eigenvalue weighted by Gasteiger charge is -2.12. The molecule has 0 aliphatic rings. The van der Waals surface area contributed by atoms with E-state index < -0.39 is 0 Å². The average Bonchev–Trinajstić information content (AvgIpc) is 2.45. The Balaban J connectivity index is 2.35. The van der Waals surface area contributed by atoms with Crippen LogP contribution in [0.1, 0.15) is 25.3 Å². The number of nitrogens with one attached hydrogen (secondary N) is 1. The summed E-state index contributed by atoms with van der Waals surface area (Å²) in [7, 11) is 1.62. The third-order valence-electron chi connectivity index (χ3n) is 2.85. The van der Waals surface area contributed by atoms with E-state index in [4.69, 9.17) is 15.7 Å². The van der Waals surface area contributed by atoms with Gasteiger partial charge in [-0.25, -0.2) is 0 Å². The molecule has 0 saturated carbocycles. The van der Waals surface area contributed by atoms with E-state index in [1.54, 1.807) is 7.11 Å². The van der Waals surface area contributed by atoms with Gasteiger partial charge in [0.25, 0.3) is 0 Å². The van der Waals surface area contributed by atoms with Gasteiger partial charge in [0.15, 0.2) is 0 Å². The summed E-state index contributed by atoms with van der Waals surface area (Å²) in [5, 5.41) is 14.1. The number of ether oxygens (including phenoxy) is 1. The number of hydrogen-bond donors (Lipinski definition) is 3. The first kappa shape index (κ1) is 15.8. The van der Waals surface area contributed by atoms with Crippen molar-refractivity contribution in [1.29, 1.82) is 0 Å². The zero-order chi connectivity index (χ0) is 15.0. The Labute approximate surface area is 118 Å². The molecule has 1 unspecified atom stereocenters. The van der Waals surface area contributed by atoms with Crippen LogP contribution in [0.4, 0.5) is 0 Å². The number of amides is 1. The third kappa shape index (κ3) is 5.60. The fraction of sp³-hybridized carbons (Fsp3) is 0.429. The molecule has 1 aromatic carbocycles. The molecule has 0 bridgehead atoms. The number of nitrogens with two attached hydrogens (primary N) is 1. The van der Waals surface area contributed by atoms with Crippen LogP contribution < -0.4 is 15.8 Å². The molecule has 1 aromatic rings. The number of carbonyl (C=O) groups is 1. The van der Waals surface area contributed by atoms with Gasteiger partial charge in [-0.1, -0.05) is 17.3 Å². The number of nitrogens with zero attached hydrogens (tertiary/aromatic N) is 1. The second kappa shape index (κ2) is 8.04. The quantitative estimate of drug-likeness (QED) is 0.303. The molecular formula is C14H21N3O3. The van der Waals surface area contributed by atoms with Gasteiger partial charge in [0.2, 0.25) is 5.91 Å². The van der Waals surface area contributed by atoms with Gasteiger partial charge in [0.05, 0.1) is 7.11 Å². The molecule has 0 fully saturated rings. The maximum atomic E-state index is 11.7. The Bertz CT molecular complexity index is 457. The monoisotopic (exact) mass is 279 g/mol. The van der Waals surface area contributed by atoms with Crippen molar-refractivity contribution in [3.8, 4) is 5.75 Å². The van der Waals surface area contributed by atoms with Crippen molar-refractivity contribution in [2.75, 3.05) is 7.11 Å². The fourth-order valence-corrected chi connectivity index (χ4v) is 1.80. The third-order valence-corrected chi connectivity index (χ3v) is 2.85. The number of carbonyl (C=O) groups excluding carboxylic acids is 1. The van der Waals surface area contributed by atoms with E-state index in [-0.39, 0.29) is 17.8 Å². The molecule has 1 rings (SSSR count). The van der Waals surface area contributed by atoms with Crippen molar-refractivity contribution < 1.29 is 14.7 Å². The zero-order valence-corrected chi connectivity index (χ0v) is 11.8. The van der Waals surface area contributed by atoms with Crippen LogP contribution in [0.3, 0.4) is 0 Å². The topological polar surface area (TPSA) is 96.9 Å². The second-order valence-electron chi connectivity index (χ2n) is 4.61. The normalized spacial score (nSPS) is 12.8. The van der Waals surface area contributed by atoms with E-state index in [1.165, 1.54) is 0 Å². The predicted octanol–water partition coefficient (Wildman–Crippen LogP) is 1.27. The molecule has 110 valence electrons. The molecule has 0 radical (unpaired) electrons. The van der Waals surface area contributed by atoms with E-state index >= 15 is 0 Å². The molecule has 0 spiro atoms. The molecule has 0 aliphatic carbocycles. The predicted molar refractivity (Wildman–Crippen MR) is 76.9 cm³/mol. The van der Waals surface area contributed by atoms with Crippen LogP contribution in [0.15, 0.2) is 29.4 Å². The highest BCUT2D eigenvalue weighted by atomic mass is 16.5. The van der Waals surface area contributed by atoms with Crippen molar-refractivity contribution in [2.24, 2.45) is 10.9 Å². The summed E-state index contributed by atoms with van der Waals surface area (Å²) < 4.78 is 5.07. The van der Waals surface area contributed by atoms with Gasteiger partial charge in [-0.3, -0.25) is 4.79 Å². The fourth-order valence-electron chi connectivity index (χ4n) is 1.80. The smallest absolute Gasteiger partial charge is 0.220 e. The summed E-state index contributed by atoms with van der Waals surface area (Å²) in [6, 6.07) is 7.45. The minimum atomic E-state index is -0.158. The van der Waals surface area contributed by atoms with E-state index in [0.29, 0.717) is 19.3 Å². The molecule has 20 heavy (non-hydrogen) atoms. The van der Waals surface area contributed by atoms with Gasteiger partial charge >= 0.3 is 0 Å². The summed E-state index contributed by atoms with van der Waals surface area (Å²) in [5.41, 5.74) is 6.45. The lowest BCUT2D eigenvalue weighted by atomic mass is 10.1. The number of hydrogen-bond acceptors (Lipinski definition) is 4. The van der Waals surface area contributed by atoms with Gasteiger partial charge < -0.3 is 21.0 Å². The maximum Gasteiger partial charge on any atom is 0.220 e. The maximum absolute atomic E-state index is 11.7. The molecule has 0 aliphatic heterocycles. The molecule has 6 nitrogen and oxygen atoms in total. The summed E-state index contributed by atoms with van der Waals surface area (Å²) in [6.07, 6.45) is 1.38. The first-order chi connectivity index (χ1) is 9.55. The lowest BCUT2D eigenvalue weighted by Crippen LogP contribution is -2.35. The van der Waals surface area contributed by atoms with Gasteiger partial charge in [-0.05, 0) is 31.0 Å². The Morgan fingerprint density at radius 3 is 2.65 bits per heavy atom.